The highest BCUT2D eigenvalue weighted by atomic mass is 19.1. The molecule has 9 nitrogen and oxygen atoms in total. The van der Waals surface area contributed by atoms with Crippen molar-refractivity contribution < 1.29 is 9.13 Å². The maximum absolute atomic E-state index is 14.7. The average Bonchev–Trinajstić information content (AvgIpc) is 3.76. The lowest BCUT2D eigenvalue weighted by atomic mass is 10.0. The Kier molecular flexibility index (Phi) is 6.16. The highest BCUT2D eigenvalue weighted by molar-refractivity contribution is 5.94. The van der Waals surface area contributed by atoms with Gasteiger partial charge in [0.25, 0.3) is 0 Å². The number of nitrogens with zero attached hydrogens (tertiary/aromatic N) is 4. The monoisotopic (exact) mass is 536 g/mol. The Bertz CT molecular complexity index is 1840. The second-order valence-electron chi connectivity index (χ2n) is 10.2. The van der Waals surface area contributed by atoms with Gasteiger partial charge < -0.3 is 15.0 Å². The van der Waals surface area contributed by atoms with E-state index in [1.54, 1.807) is 6.20 Å². The number of ether oxygens (including phenoxy) is 1. The van der Waals surface area contributed by atoms with Crippen LogP contribution in [0.3, 0.4) is 0 Å². The van der Waals surface area contributed by atoms with Crippen molar-refractivity contribution in [1.82, 2.24) is 40.6 Å². The van der Waals surface area contributed by atoms with Crippen LogP contribution in [0.4, 0.5) is 4.39 Å². The van der Waals surface area contributed by atoms with Crippen LogP contribution in [0.5, 0.6) is 5.75 Å². The number of aromatic amines is 3. The molecule has 5 heterocycles. The van der Waals surface area contributed by atoms with Gasteiger partial charge in [-0.3, -0.25) is 15.1 Å². The third-order valence-electron chi connectivity index (χ3n) is 7.51. The number of halogens is 1. The highest BCUT2D eigenvalue weighted by Gasteiger charge is 2.18. The van der Waals surface area contributed by atoms with Crippen molar-refractivity contribution >= 4 is 28.5 Å². The van der Waals surface area contributed by atoms with Crippen LogP contribution in [-0.4, -0.2) is 61.5 Å². The van der Waals surface area contributed by atoms with Gasteiger partial charge in [0.2, 0.25) is 0 Å². The van der Waals surface area contributed by atoms with E-state index in [0.29, 0.717) is 29.4 Å². The summed E-state index contributed by atoms with van der Waals surface area (Å²) in [7, 11) is 0. The third kappa shape index (κ3) is 4.56. The molecular weight excluding hydrogens is 507 g/mol. The van der Waals surface area contributed by atoms with E-state index >= 15 is 0 Å². The average molecular weight is 537 g/mol. The molecule has 0 unspecified atom stereocenters. The molecule has 2 aliphatic heterocycles. The van der Waals surface area contributed by atoms with Crippen LogP contribution >= 0.6 is 0 Å². The Balaban J connectivity index is 1.23. The van der Waals surface area contributed by atoms with Crippen molar-refractivity contribution in [1.29, 1.82) is 0 Å². The van der Waals surface area contributed by atoms with Gasteiger partial charge in [0.05, 0.1) is 22.6 Å². The molecule has 3 aromatic heterocycles. The van der Waals surface area contributed by atoms with E-state index in [1.807, 2.05) is 49.5 Å². The van der Waals surface area contributed by atoms with Crippen molar-refractivity contribution in [3.05, 3.63) is 76.8 Å². The number of likely N-dealkylation sites (tertiary alicyclic amines) is 1. The number of aromatic nitrogens is 6. The molecule has 1 saturated heterocycles. The zero-order chi connectivity index (χ0) is 27.1. The van der Waals surface area contributed by atoms with Crippen molar-refractivity contribution in [2.45, 2.75) is 19.8 Å². The summed E-state index contributed by atoms with van der Waals surface area (Å²) in [5.41, 5.74) is 6.63. The maximum atomic E-state index is 14.7. The van der Waals surface area contributed by atoms with Crippen molar-refractivity contribution in [2.75, 3.05) is 26.2 Å². The number of fused-ring (bicyclic) bond motifs is 2. The minimum Gasteiger partial charge on any atom is -0.492 e. The van der Waals surface area contributed by atoms with E-state index in [0.717, 1.165) is 63.8 Å². The minimum absolute atomic E-state index is 0.341. The largest absolute Gasteiger partial charge is 0.492 e. The molecule has 0 saturated carbocycles. The molecule has 10 heteroatoms. The number of benzene rings is 2. The lowest BCUT2D eigenvalue weighted by Gasteiger charge is -2.15. The normalized spacial score (nSPS) is 15.4. The van der Waals surface area contributed by atoms with Gasteiger partial charge in [-0.05, 0) is 68.8 Å². The number of hydrogen-bond acceptors (Lipinski definition) is 6. The van der Waals surface area contributed by atoms with Gasteiger partial charge in [-0.2, -0.15) is 10.2 Å². The van der Waals surface area contributed by atoms with E-state index in [1.165, 1.54) is 25.0 Å². The van der Waals surface area contributed by atoms with Crippen LogP contribution < -0.4 is 20.6 Å². The molecular formula is C30H29FN8O. The summed E-state index contributed by atoms with van der Waals surface area (Å²) in [6.45, 7) is 5.60. The quantitative estimate of drug-likeness (QED) is 0.253. The van der Waals surface area contributed by atoms with Gasteiger partial charge in [-0.15, -0.1) is 0 Å². The third-order valence-corrected chi connectivity index (χ3v) is 7.51. The second-order valence-corrected chi connectivity index (χ2v) is 10.2. The van der Waals surface area contributed by atoms with Crippen LogP contribution in [0.25, 0.3) is 51.1 Å². The van der Waals surface area contributed by atoms with Crippen molar-refractivity contribution in [3.8, 4) is 28.4 Å². The maximum Gasteiger partial charge on any atom is 0.159 e. The summed E-state index contributed by atoms with van der Waals surface area (Å²) in [6.07, 6.45) is 10.1. The molecule has 0 amide bonds. The number of nitrogens with one attached hydrogen (secondary N) is 4. The Morgan fingerprint density at radius 3 is 2.83 bits per heavy atom. The molecule has 0 atom stereocenters. The summed E-state index contributed by atoms with van der Waals surface area (Å²) in [5.74, 6) is 0.805. The number of allylic oxidation sites excluding steroid dienone is 1. The number of H-pyrrole nitrogens is 3. The smallest absolute Gasteiger partial charge is 0.159 e. The fourth-order valence-electron chi connectivity index (χ4n) is 5.54. The lowest BCUT2D eigenvalue weighted by molar-refractivity contribution is 0.237. The van der Waals surface area contributed by atoms with Crippen LogP contribution in [0.15, 0.2) is 54.9 Å². The van der Waals surface area contributed by atoms with Gasteiger partial charge in [-0.1, -0.05) is 12.1 Å². The SMILES string of the molecule is CC1=c2c(-c3nc4c(-c5cc(F)cc(OCCN6CCCC6)c5)cccc4[nH]3)n[nH]c2=CC=C(c2cn[nH]c2)N1. The van der Waals surface area contributed by atoms with E-state index in [-0.39, 0.29) is 5.82 Å². The predicted molar refractivity (Wildman–Crippen MR) is 153 cm³/mol. The summed E-state index contributed by atoms with van der Waals surface area (Å²) >= 11 is 0. The zero-order valence-electron chi connectivity index (χ0n) is 22.1. The Morgan fingerprint density at radius 1 is 1.07 bits per heavy atom. The molecule has 0 aliphatic carbocycles. The van der Waals surface area contributed by atoms with Crippen molar-refractivity contribution in [3.63, 3.8) is 0 Å². The topological polar surface area (TPSA) is 111 Å². The Hall–Kier alpha value is -4.70. The first-order chi connectivity index (χ1) is 19.6. The number of imidazole rings is 1. The van der Waals surface area contributed by atoms with Crippen molar-refractivity contribution in [2.24, 2.45) is 0 Å². The van der Waals surface area contributed by atoms with E-state index in [9.17, 15) is 4.39 Å². The van der Waals surface area contributed by atoms with Gasteiger partial charge >= 0.3 is 0 Å². The molecule has 2 aliphatic rings. The minimum atomic E-state index is -0.341. The van der Waals surface area contributed by atoms with Gasteiger partial charge in [-0.25, -0.2) is 9.37 Å². The summed E-state index contributed by atoms with van der Waals surface area (Å²) in [6, 6.07) is 10.7. The van der Waals surface area contributed by atoms with Crippen LogP contribution in [-0.2, 0) is 0 Å². The number of hydrogen-bond donors (Lipinski definition) is 4. The molecule has 40 heavy (non-hydrogen) atoms. The first-order valence-electron chi connectivity index (χ1n) is 13.5. The first-order valence-corrected chi connectivity index (χ1v) is 13.5. The highest BCUT2D eigenvalue weighted by Crippen LogP contribution is 2.32. The van der Waals surface area contributed by atoms with Gasteiger partial charge in [0.15, 0.2) is 5.82 Å². The van der Waals surface area contributed by atoms with Crippen LogP contribution in [0, 0.1) is 5.82 Å². The molecule has 4 N–H and O–H groups in total. The lowest BCUT2D eigenvalue weighted by Crippen LogP contribution is -2.28. The molecule has 7 rings (SSSR count). The summed E-state index contributed by atoms with van der Waals surface area (Å²) in [5, 5.41) is 19.9. The van der Waals surface area contributed by atoms with Crippen LogP contribution in [0.1, 0.15) is 25.3 Å². The van der Waals surface area contributed by atoms with Gasteiger partial charge in [0, 0.05) is 46.5 Å². The van der Waals surface area contributed by atoms with E-state index in [4.69, 9.17) is 9.72 Å². The first kappa shape index (κ1) is 24.3. The summed E-state index contributed by atoms with van der Waals surface area (Å²) in [4.78, 5) is 10.8. The second kappa shape index (κ2) is 10.1. The number of rotatable bonds is 7. The predicted octanol–water partition coefficient (Wildman–Crippen LogP) is 3.51. The standard InChI is InChI=1S/C30H29FN8O/c1-18-27-25(8-7-24(34-18)20-16-32-33-17-20)37-38-29(27)30-35-26-6-4-5-23(28(26)36-30)19-13-21(31)15-22(14-19)40-12-11-39-9-2-3-10-39/h4-8,13-17,34,37H,2-3,9-12H2,1H3,(H,32,33)(H,35,36). The zero-order valence-corrected chi connectivity index (χ0v) is 22.1. The molecule has 2 aromatic carbocycles. The molecule has 0 radical (unpaired) electrons. The van der Waals surface area contributed by atoms with Crippen LogP contribution in [0.2, 0.25) is 0 Å². The summed E-state index contributed by atoms with van der Waals surface area (Å²) < 4.78 is 20.7. The van der Waals surface area contributed by atoms with E-state index < -0.39 is 0 Å². The molecule has 0 bridgehead atoms. The molecule has 1 fully saturated rings. The number of para-hydroxylation sites is 1. The fourth-order valence-corrected chi connectivity index (χ4v) is 5.54. The Labute approximate surface area is 229 Å². The fraction of sp³-hybridized carbons (Fsp3) is 0.233. The van der Waals surface area contributed by atoms with E-state index in [2.05, 4.69) is 35.6 Å². The molecule has 202 valence electrons. The molecule has 0 spiro atoms. The molecule has 5 aromatic rings. The van der Waals surface area contributed by atoms with Gasteiger partial charge in [0.1, 0.15) is 23.9 Å². The Morgan fingerprint density at radius 2 is 1.98 bits per heavy atom.